The number of anilines is 1. The largest absolute Gasteiger partial charge is 0.365 e. The van der Waals surface area contributed by atoms with Gasteiger partial charge in [-0.2, -0.15) is 0 Å². The van der Waals surface area contributed by atoms with Crippen molar-refractivity contribution in [2.75, 3.05) is 18.0 Å². The lowest BCUT2D eigenvalue weighted by Gasteiger charge is -2.41. The summed E-state index contributed by atoms with van der Waals surface area (Å²) < 4.78 is 2.50. The summed E-state index contributed by atoms with van der Waals surface area (Å²) in [7, 11) is 0. The molecule has 2 fully saturated rings. The fraction of sp³-hybridized carbons (Fsp3) is 0.571. The molecule has 1 N–H and O–H groups in total. The second-order valence-corrected chi connectivity index (χ2v) is 7.55. The highest BCUT2D eigenvalue weighted by molar-refractivity contribution is 14.1. The van der Waals surface area contributed by atoms with Crippen molar-refractivity contribution in [2.24, 2.45) is 5.92 Å². The highest BCUT2D eigenvalue weighted by Crippen LogP contribution is 2.37. The molecule has 1 saturated carbocycles. The van der Waals surface area contributed by atoms with Crippen LogP contribution in [0.25, 0.3) is 0 Å². The second kappa shape index (κ2) is 5.29. The van der Waals surface area contributed by atoms with Crippen LogP contribution in [0.2, 0.25) is 0 Å². The Morgan fingerprint density at radius 3 is 2.83 bits per heavy atom. The van der Waals surface area contributed by atoms with Crippen molar-refractivity contribution in [3.63, 3.8) is 0 Å². The van der Waals surface area contributed by atoms with Gasteiger partial charge in [0.05, 0.1) is 5.69 Å². The smallest absolute Gasteiger partial charge is 0.0514 e. The van der Waals surface area contributed by atoms with Gasteiger partial charge in [-0.3, -0.25) is 0 Å². The Hall–Kier alpha value is 0.190. The van der Waals surface area contributed by atoms with Gasteiger partial charge in [0, 0.05) is 33.2 Å². The Morgan fingerprint density at radius 1 is 1.39 bits per heavy atom. The van der Waals surface area contributed by atoms with E-state index in [1.807, 2.05) is 0 Å². The Bertz CT molecular complexity index is 447. The van der Waals surface area contributed by atoms with Gasteiger partial charge in [0.15, 0.2) is 0 Å². The molecule has 2 unspecified atom stereocenters. The number of rotatable bonds is 2. The van der Waals surface area contributed by atoms with Crippen molar-refractivity contribution < 1.29 is 0 Å². The van der Waals surface area contributed by atoms with Crippen molar-refractivity contribution >= 4 is 44.2 Å². The average molecular weight is 421 g/mol. The summed E-state index contributed by atoms with van der Waals surface area (Å²) in [5.74, 6) is 0.919. The minimum absolute atomic E-state index is 0.566. The first-order valence-electron chi connectivity index (χ1n) is 6.60. The Labute approximate surface area is 131 Å². The molecule has 1 aliphatic heterocycles. The van der Waals surface area contributed by atoms with E-state index in [4.69, 9.17) is 0 Å². The van der Waals surface area contributed by atoms with Gasteiger partial charge in [-0.05, 0) is 82.4 Å². The summed E-state index contributed by atoms with van der Waals surface area (Å²) in [6, 6.07) is 7.90. The number of benzene rings is 1. The third-order valence-corrected chi connectivity index (χ3v) is 5.32. The Balaban J connectivity index is 1.83. The van der Waals surface area contributed by atoms with E-state index in [9.17, 15) is 0 Å². The maximum Gasteiger partial charge on any atom is 0.0514 e. The summed E-state index contributed by atoms with van der Waals surface area (Å²) >= 11 is 6.08. The lowest BCUT2D eigenvalue weighted by Crippen LogP contribution is -2.56. The van der Waals surface area contributed by atoms with E-state index < -0.39 is 0 Å². The molecule has 1 aromatic carbocycles. The zero-order chi connectivity index (χ0) is 12.7. The molecule has 0 aromatic heterocycles. The van der Waals surface area contributed by atoms with Gasteiger partial charge in [-0.25, -0.2) is 0 Å². The minimum Gasteiger partial charge on any atom is -0.365 e. The van der Waals surface area contributed by atoms with E-state index in [0.29, 0.717) is 12.1 Å². The van der Waals surface area contributed by atoms with Gasteiger partial charge in [-0.15, -0.1) is 0 Å². The standard InChI is InChI=1S/C14H18BrIN2/c1-9-7-17-13(10-2-3-10)8-18(9)14-5-4-11(16)6-12(14)15/h4-6,9-10,13,17H,2-3,7-8H2,1H3. The molecule has 2 aliphatic rings. The van der Waals surface area contributed by atoms with E-state index in [1.165, 1.54) is 26.6 Å². The fourth-order valence-corrected chi connectivity index (χ4v) is 4.28. The topological polar surface area (TPSA) is 15.3 Å². The lowest BCUT2D eigenvalue weighted by atomic mass is 10.1. The summed E-state index contributed by atoms with van der Waals surface area (Å²) in [4.78, 5) is 2.56. The number of piperazine rings is 1. The van der Waals surface area contributed by atoms with Gasteiger partial charge in [0.1, 0.15) is 0 Å². The van der Waals surface area contributed by atoms with Crippen LogP contribution < -0.4 is 10.2 Å². The maximum atomic E-state index is 3.72. The zero-order valence-corrected chi connectivity index (χ0v) is 14.2. The second-order valence-electron chi connectivity index (χ2n) is 5.45. The van der Waals surface area contributed by atoms with Crippen LogP contribution in [0.4, 0.5) is 5.69 Å². The third-order valence-electron chi connectivity index (χ3n) is 4.01. The fourth-order valence-electron chi connectivity index (χ4n) is 2.75. The average Bonchev–Trinajstić information content (AvgIpc) is 3.14. The summed E-state index contributed by atoms with van der Waals surface area (Å²) in [5.41, 5.74) is 1.34. The van der Waals surface area contributed by atoms with Crippen LogP contribution in [-0.4, -0.2) is 25.2 Å². The molecule has 0 radical (unpaired) electrons. The molecule has 4 heteroatoms. The lowest BCUT2D eigenvalue weighted by molar-refractivity contribution is 0.375. The molecular formula is C14H18BrIN2. The first kappa shape index (κ1) is 13.2. The van der Waals surface area contributed by atoms with Crippen molar-refractivity contribution in [1.82, 2.24) is 5.32 Å². The summed E-state index contributed by atoms with van der Waals surface area (Å²) in [6.07, 6.45) is 2.82. The molecule has 1 heterocycles. The normalized spacial score (nSPS) is 28.5. The zero-order valence-electron chi connectivity index (χ0n) is 10.5. The predicted octanol–water partition coefficient (Wildman–Crippen LogP) is 3.63. The summed E-state index contributed by atoms with van der Waals surface area (Å²) in [5, 5.41) is 3.70. The number of hydrogen-bond acceptors (Lipinski definition) is 2. The van der Waals surface area contributed by atoms with Crippen LogP contribution in [0.5, 0.6) is 0 Å². The maximum absolute atomic E-state index is 3.72. The minimum atomic E-state index is 0.566. The molecule has 0 amide bonds. The van der Waals surface area contributed by atoms with Crippen LogP contribution in [0, 0.1) is 9.49 Å². The third kappa shape index (κ3) is 2.70. The molecule has 0 bridgehead atoms. The first-order chi connectivity index (χ1) is 8.65. The highest BCUT2D eigenvalue weighted by Gasteiger charge is 2.36. The Kier molecular flexibility index (Phi) is 3.87. The molecule has 2 atom stereocenters. The van der Waals surface area contributed by atoms with E-state index in [2.05, 4.69) is 73.9 Å². The quantitative estimate of drug-likeness (QED) is 0.735. The van der Waals surface area contributed by atoms with Crippen molar-refractivity contribution in [3.8, 4) is 0 Å². The number of nitrogens with one attached hydrogen (secondary N) is 1. The van der Waals surface area contributed by atoms with E-state index >= 15 is 0 Å². The number of hydrogen-bond donors (Lipinski definition) is 1. The molecule has 1 aliphatic carbocycles. The first-order valence-corrected chi connectivity index (χ1v) is 8.47. The number of nitrogens with zero attached hydrogens (tertiary/aromatic N) is 1. The summed E-state index contributed by atoms with van der Waals surface area (Å²) in [6.45, 7) is 4.55. The molecular weight excluding hydrogens is 403 g/mol. The van der Waals surface area contributed by atoms with Crippen LogP contribution >= 0.6 is 38.5 Å². The van der Waals surface area contributed by atoms with Crippen LogP contribution in [-0.2, 0) is 0 Å². The molecule has 2 nitrogen and oxygen atoms in total. The van der Waals surface area contributed by atoms with Crippen molar-refractivity contribution in [1.29, 1.82) is 0 Å². The molecule has 3 rings (SSSR count). The monoisotopic (exact) mass is 420 g/mol. The molecule has 1 aromatic rings. The highest BCUT2D eigenvalue weighted by atomic mass is 127. The van der Waals surface area contributed by atoms with Crippen LogP contribution in [0.15, 0.2) is 22.7 Å². The SMILES string of the molecule is CC1CNC(C2CC2)CN1c1ccc(I)cc1Br. The van der Waals surface area contributed by atoms with Gasteiger partial charge in [-0.1, -0.05) is 0 Å². The van der Waals surface area contributed by atoms with E-state index in [0.717, 1.165) is 19.0 Å². The van der Waals surface area contributed by atoms with E-state index in [1.54, 1.807) is 0 Å². The van der Waals surface area contributed by atoms with Gasteiger partial charge in [0.25, 0.3) is 0 Å². The van der Waals surface area contributed by atoms with Crippen LogP contribution in [0.3, 0.4) is 0 Å². The van der Waals surface area contributed by atoms with E-state index in [-0.39, 0.29) is 0 Å². The Morgan fingerprint density at radius 2 is 2.17 bits per heavy atom. The molecule has 98 valence electrons. The van der Waals surface area contributed by atoms with Crippen LogP contribution in [0.1, 0.15) is 19.8 Å². The molecule has 0 spiro atoms. The van der Waals surface area contributed by atoms with Gasteiger partial charge >= 0.3 is 0 Å². The van der Waals surface area contributed by atoms with Gasteiger partial charge < -0.3 is 10.2 Å². The van der Waals surface area contributed by atoms with Crippen molar-refractivity contribution in [3.05, 3.63) is 26.2 Å². The molecule has 1 saturated heterocycles. The van der Waals surface area contributed by atoms with Crippen molar-refractivity contribution in [2.45, 2.75) is 31.8 Å². The molecule has 18 heavy (non-hydrogen) atoms. The number of halogens is 2. The van der Waals surface area contributed by atoms with Gasteiger partial charge in [0.2, 0.25) is 0 Å². The predicted molar refractivity (Wildman–Crippen MR) is 88.2 cm³/mol.